The lowest BCUT2D eigenvalue weighted by molar-refractivity contribution is -0.141. The highest BCUT2D eigenvalue weighted by atomic mass is 35.5. The lowest BCUT2D eigenvalue weighted by Crippen LogP contribution is -2.56. The van der Waals surface area contributed by atoms with Gasteiger partial charge in [0.05, 0.1) is 18.1 Å². The molecule has 0 saturated carbocycles. The molecule has 0 amide bonds. The van der Waals surface area contributed by atoms with Gasteiger partial charge in [0, 0.05) is 74.1 Å². The maximum absolute atomic E-state index is 14.5. The molecule has 0 aliphatic carbocycles. The molecule has 43 heavy (non-hydrogen) atoms. The van der Waals surface area contributed by atoms with Gasteiger partial charge in [0.1, 0.15) is 11.6 Å². The van der Waals surface area contributed by atoms with Crippen molar-refractivity contribution in [3.8, 4) is 16.9 Å². The molecule has 1 saturated heterocycles. The van der Waals surface area contributed by atoms with Crippen LogP contribution in [-0.2, 0) is 25.7 Å². The SMILES string of the molecule is CCn1cc(-c2cc(Cn3ccnc3C)cc3c2OC[C@@H](Cc2ccc(F)c(N4CC(N)C4)n2)C3=O)c(C(F)(F)F)n1.Cl. The molecular weight excluding hydrogens is 590 g/mol. The number of aryl methyl sites for hydroxylation is 2. The van der Waals surface area contributed by atoms with Crippen molar-refractivity contribution in [2.45, 2.75) is 45.6 Å². The molecule has 0 bridgehead atoms. The maximum atomic E-state index is 14.5. The van der Waals surface area contributed by atoms with Crippen molar-refractivity contribution in [3.63, 3.8) is 0 Å². The van der Waals surface area contributed by atoms with Crippen LogP contribution in [0.3, 0.4) is 0 Å². The number of nitrogens with two attached hydrogens (primary N) is 1. The van der Waals surface area contributed by atoms with Crippen LogP contribution in [0.25, 0.3) is 11.1 Å². The molecule has 2 aliphatic heterocycles. The second kappa shape index (κ2) is 11.6. The van der Waals surface area contributed by atoms with Crippen molar-refractivity contribution < 1.29 is 27.1 Å². The standard InChI is InChI=1S/C29H29F4N7O2.ClH/c1-3-40-14-23(27(37-40)29(31,32)33)21-8-17(11-38-7-6-35-16(38)2)9-22-25(41)18(15-42-26(21)22)10-20-4-5-24(30)28(36-20)39-12-19(34)13-39;/h4-9,14,18-19H,3,10-13,15,34H2,1-2H3;1H/t18-;/m1./s1. The zero-order valence-electron chi connectivity index (χ0n) is 23.4. The predicted molar refractivity (Wildman–Crippen MR) is 153 cm³/mol. The maximum Gasteiger partial charge on any atom is 0.435 e. The number of hydrogen-bond acceptors (Lipinski definition) is 7. The van der Waals surface area contributed by atoms with Gasteiger partial charge in [-0.2, -0.15) is 18.3 Å². The Morgan fingerprint density at radius 1 is 1.14 bits per heavy atom. The van der Waals surface area contributed by atoms with Crippen LogP contribution in [0, 0.1) is 18.7 Å². The molecule has 5 heterocycles. The van der Waals surface area contributed by atoms with Gasteiger partial charge >= 0.3 is 6.18 Å². The van der Waals surface area contributed by atoms with E-state index >= 15 is 0 Å². The fraction of sp³-hybridized carbons (Fsp3) is 0.379. The number of imidazole rings is 1. The predicted octanol–water partition coefficient (Wildman–Crippen LogP) is 4.68. The fourth-order valence-corrected chi connectivity index (χ4v) is 5.45. The number of carbonyl (C=O) groups excluding carboxylic acids is 1. The Bertz CT molecular complexity index is 1660. The van der Waals surface area contributed by atoms with Gasteiger partial charge in [0.25, 0.3) is 0 Å². The molecule has 0 spiro atoms. The summed E-state index contributed by atoms with van der Waals surface area (Å²) in [6.07, 6.45) is 0.176. The zero-order valence-corrected chi connectivity index (χ0v) is 24.3. The number of nitrogens with zero attached hydrogens (tertiary/aromatic N) is 6. The van der Waals surface area contributed by atoms with E-state index in [9.17, 15) is 22.4 Å². The van der Waals surface area contributed by atoms with Gasteiger partial charge in [-0.25, -0.2) is 14.4 Å². The molecule has 1 atom stereocenters. The highest BCUT2D eigenvalue weighted by Crippen LogP contribution is 2.44. The van der Waals surface area contributed by atoms with E-state index in [0.29, 0.717) is 30.2 Å². The summed E-state index contributed by atoms with van der Waals surface area (Å²) in [5, 5.41) is 3.77. The number of Topliss-reactive ketones (excluding diaryl/α,β-unsaturated/α-hetero) is 1. The Kier molecular flexibility index (Phi) is 8.23. The van der Waals surface area contributed by atoms with Gasteiger partial charge in [0.2, 0.25) is 0 Å². The average Bonchev–Trinajstić information content (AvgIpc) is 3.56. The number of pyridine rings is 1. The minimum atomic E-state index is -4.72. The van der Waals surface area contributed by atoms with Crippen LogP contribution in [-0.4, -0.2) is 55.8 Å². The molecule has 4 aromatic rings. The van der Waals surface area contributed by atoms with E-state index < -0.39 is 23.6 Å². The number of ketones is 1. The summed E-state index contributed by atoms with van der Waals surface area (Å²) in [5.41, 5.74) is 6.08. The second-order valence-corrected chi connectivity index (χ2v) is 10.7. The van der Waals surface area contributed by atoms with E-state index in [4.69, 9.17) is 10.5 Å². The highest BCUT2D eigenvalue weighted by molar-refractivity contribution is 6.04. The summed E-state index contributed by atoms with van der Waals surface area (Å²) in [6, 6.07) is 6.08. The summed E-state index contributed by atoms with van der Waals surface area (Å²) in [5.74, 6) is -0.431. The first kappa shape index (κ1) is 30.5. The van der Waals surface area contributed by atoms with Crippen molar-refractivity contribution in [1.29, 1.82) is 0 Å². The largest absolute Gasteiger partial charge is 0.491 e. The number of fused-ring (bicyclic) bond motifs is 1. The molecular formula is C29H30ClF4N7O2. The van der Waals surface area contributed by atoms with Crippen LogP contribution in [0.15, 0.2) is 42.9 Å². The van der Waals surface area contributed by atoms with Gasteiger partial charge in [-0.1, -0.05) is 0 Å². The zero-order chi connectivity index (χ0) is 29.8. The van der Waals surface area contributed by atoms with Crippen LogP contribution in [0.1, 0.15) is 40.1 Å². The van der Waals surface area contributed by atoms with Crippen LogP contribution < -0.4 is 15.4 Å². The number of benzene rings is 1. The number of halogens is 5. The van der Waals surface area contributed by atoms with Crippen LogP contribution in [0.4, 0.5) is 23.4 Å². The van der Waals surface area contributed by atoms with Crippen molar-refractivity contribution >= 4 is 24.0 Å². The highest BCUT2D eigenvalue weighted by Gasteiger charge is 2.40. The van der Waals surface area contributed by atoms with E-state index in [1.54, 1.807) is 36.4 Å². The first-order valence-corrected chi connectivity index (χ1v) is 13.6. The van der Waals surface area contributed by atoms with Crippen LogP contribution in [0.2, 0.25) is 0 Å². The minimum absolute atomic E-state index is 0. The number of alkyl halides is 3. The lowest BCUT2D eigenvalue weighted by atomic mass is 9.87. The fourth-order valence-electron chi connectivity index (χ4n) is 5.45. The lowest BCUT2D eigenvalue weighted by Gasteiger charge is -2.38. The molecule has 1 fully saturated rings. The third kappa shape index (κ3) is 5.83. The van der Waals surface area contributed by atoms with E-state index in [2.05, 4.69) is 15.1 Å². The summed E-state index contributed by atoms with van der Waals surface area (Å²) in [7, 11) is 0. The Morgan fingerprint density at radius 3 is 2.53 bits per heavy atom. The topological polar surface area (TPSA) is 104 Å². The number of hydrogen-bond donors (Lipinski definition) is 1. The molecule has 2 N–H and O–H groups in total. The molecule has 6 rings (SSSR count). The molecule has 14 heteroatoms. The van der Waals surface area contributed by atoms with Gasteiger partial charge in [0.15, 0.2) is 23.1 Å². The number of aromatic nitrogens is 5. The number of ether oxygens (including phenoxy) is 1. The summed E-state index contributed by atoms with van der Waals surface area (Å²) < 4.78 is 65.8. The van der Waals surface area contributed by atoms with Gasteiger partial charge in [-0.05, 0) is 43.7 Å². The van der Waals surface area contributed by atoms with Gasteiger partial charge < -0.3 is 19.9 Å². The molecule has 228 valence electrons. The van der Waals surface area contributed by atoms with E-state index in [-0.39, 0.29) is 78.6 Å². The first-order valence-electron chi connectivity index (χ1n) is 13.6. The number of carbonyl (C=O) groups is 1. The third-order valence-corrected chi connectivity index (χ3v) is 7.68. The smallest absolute Gasteiger partial charge is 0.435 e. The first-order chi connectivity index (χ1) is 20.0. The molecule has 2 aliphatic rings. The summed E-state index contributed by atoms with van der Waals surface area (Å²) >= 11 is 0. The molecule has 9 nitrogen and oxygen atoms in total. The Hall–Kier alpha value is -3.97. The van der Waals surface area contributed by atoms with E-state index in [1.165, 1.54) is 23.0 Å². The summed E-state index contributed by atoms with van der Waals surface area (Å²) in [4.78, 5) is 24.3. The Labute approximate surface area is 251 Å². The average molecular weight is 620 g/mol. The van der Waals surface area contributed by atoms with Crippen molar-refractivity contribution in [3.05, 3.63) is 77.0 Å². The van der Waals surface area contributed by atoms with E-state index in [0.717, 1.165) is 0 Å². The van der Waals surface area contributed by atoms with Gasteiger partial charge in [-0.15, -0.1) is 12.4 Å². The minimum Gasteiger partial charge on any atom is -0.491 e. The monoisotopic (exact) mass is 619 g/mol. The molecule has 3 aromatic heterocycles. The van der Waals surface area contributed by atoms with Crippen molar-refractivity contribution in [2.24, 2.45) is 11.7 Å². The quantitative estimate of drug-likeness (QED) is 0.300. The normalized spacial score (nSPS) is 16.9. The Morgan fingerprint density at radius 2 is 1.88 bits per heavy atom. The van der Waals surface area contributed by atoms with Crippen molar-refractivity contribution in [1.82, 2.24) is 24.3 Å². The molecule has 0 radical (unpaired) electrons. The second-order valence-electron chi connectivity index (χ2n) is 10.7. The Balaban J connectivity index is 0.00000368. The van der Waals surface area contributed by atoms with Crippen LogP contribution in [0.5, 0.6) is 5.75 Å². The van der Waals surface area contributed by atoms with Gasteiger partial charge in [-0.3, -0.25) is 9.48 Å². The van der Waals surface area contributed by atoms with Crippen LogP contribution >= 0.6 is 12.4 Å². The molecule has 0 unspecified atom stereocenters. The third-order valence-electron chi connectivity index (χ3n) is 7.68. The number of anilines is 1. The van der Waals surface area contributed by atoms with E-state index in [1.807, 2.05) is 11.5 Å². The summed E-state index contributed by atoms with van der Waals surface area (Å²) in [6.45, 7) is 4.94. The van der Waals surface area contributed by atoms with Crippen molar-refractivity contribution in [2.75, 3.05) is 24.6 Å². The molecule has 1 aromatic carbocycles. The number of rotatable bonds is 7.